The maximum Gasteiger partial charge on any atom is 0.191 e. The summed E-state index contributed by atoms with van der Waals surface area (Å²) < 4.78 is 2.07. The van der Waals surface area contributed by atoms with Crippen molar-refractivity contribution in [1.82, 2.24) is 19.7 Å². The molecule has 3 rings (SSSR count). The molecule has 3 aromatic rings. The molecule has 0 fully saturated rings. The molecule has 2 heterocycles. The minimum absolute atomic E-state index is 0.722. The molecule has 0 amide bonds. The molecular weight excluding hydrogens is 348 g/mol. The molecule has 6 heteroatoms. The Hall–Kier alpha value is -1.66. The zero-order valence-corrected chi connectivity index (χ0v) is 16.8. The SMILES string of the molecule is Cc1ccccc1-c1nnc(SCc2csc(CCC(C)C)n2)n1C. The number of hydrogen-bond donors (Lipinski definition) is 0. The van der Waals surface area contributed by atoms with Gasteiger partial charge in [0.05, 0.1) is 10.7 Å². The number of aryl methyl sites for hydroxylation is 2. The molecule has 25 heavy (non-hydrogen) atoms. The van der Waals surface area contributed by atoms with E-state index in [-0.39, 0.29) is 0 Å². The van der Waals surface area contributed by atoms with Crippen LogP contribution in [-0.2, 0) is 19.2 Å². The van der Waals surface area contributed by atoms with Gasteiger partial charge in [0.25, 0.3) is 0 Å². The molecule has 2 aromatic heterocycles. The molecule has 1 aromatic carbocycles. The van der Waals surface area contributed by atoms with E-state index in [1.54, 1.807) is 23.1 Å². The lowest BCUT2D eigenvalue weighted by atomic mass is 10.1. The molecule has 0 bridgehead atoms. The Morgan fingerprint density at radius 2 is 2.00 bits per heavy atom. The Morgan fingerprint density at radius 3 is 2.76 bits per heavy atom. The largest absolute Gasteiger partial charge is 0.305 e. The highest BCUT2D eigenvalue weighted by Crippen LogP contribution is 2.27. The highest BCUT2D eigenvalue weighted by molar-refractivity contribution is 7.98. The third-order valence-electron chi connectivity index (χ3n) is 4.10. The van der Waals surface area contributed by atoms with E-state index >= 15 is 0 Å². The predicted molar refractivity (Wildman–Crippen MR) is 106 cm³/mol. The molecule has 0 unspecified atom stereocenters. The predicted octanol–water partition coefficient (Wildman–Crippen LogP) is 5.13. The summed E-state index contributed by atoms with van der Waals surface area (Å²) in [6, 6.07) is 8.28. The minimum Gasteiger partial charge on any atom is -0.305 e. The molecule has 0 aliphatic carbocycles. The average molecular weight is 373 g/mol. The van der Waals surface area contributed by atoms with Gasteiger partial charge >= 0.3 is 0 Å². The van der Waals surface area contributed by atoms with Crippen LogP contribution in [-0.4, -0.2) is 19.7 Å². The van der Waals surface area contributed by atoms with Crippen LogP contribution in [0, 0.1) is 12.8 Å². The van der Waals surface area contributed by atoms with Gasteiger partial charge in [0.15, 0.2) is 11.0 Å². The summed E-state index contributed by atoms with van der Waals surface area (Å²) in [5.41, 5.74) is 3.48. The van der Waals surface area contributed by atoms with Crippen LogP contribution in [0.1, 0.15) is 36.5 Å². The third-order valence-corrected chi connectivity index (χ3v) is 6.12. The van der Waals surface area contributed by atoms with Crippen molar-refractivity contribution in [2.75, 3.05) is 0 Å². The smallest absolute Gasteiger partial charge is 0.191 e. The van der Waals surface area contributed by atoms with E-state index < -0.39 is 0 Å². The lowest BCUT2D eigenvalue weighted by Gasteiger charge is -2.05. The summed E-state index contributed by atoms with van der Waals surface area (Å²) in [7, 11) is 2.03. The average Bonchev–Trinajstić information content (AvgIpc) is 3.18. The van der Waals surface area contributed by atoms with Crippen LogP contribution in [0.5, 0.6) is 0 Å². The second-order valence-corrected chi connectivity index (χ2v) is 8.52. The maximum atomic E-state index is 4.75. The summed E-state index contributed by atoms with van der Waals surface area (Å²) in [6.07, 6.45) is 2.28. The van der Waals surface area contributed by atoms with Crippen molar-refractivity contribution in [3.63, 3.8) is 0 Å². The van der Waals surface area contributed by atoms with Gasteiger partial charge in [-0.1, -0.05) is 49.9 Å². The Balaban J connectivity index is 1.66. The van der Waals surface area contributed by atoms with E-state index in [1.807, 2.05) is 19.2 Å². The minimum atomic E-state index is 0.722. The molecule has 0 aliphatic heterocycles. The Morgan fingerprint density at radius 1 is 1.20 bits per heavy atom. The van der Waals surface area contributed by atoms with Gasteiger partial charge in [-0.25, -0.2) is 4.98 Å². The number of rotatable bonds is 7. The fraction of sp³-hybridized carbons (Fsp3) is 0.421. The number of thiazole rings is 1. The van der Waals surface area contributed by atoms with Gasteiger partial charge in [-0.15, -0.1) is 21.5 Å². The van der Waals surface area contributed by atoms with E-state index in [0.29, 0.717) is 0 Å². The normalized spacial score (nSPS) is 11.4. The molecular formula is C19H24N4S2. The maximum absolute atomic E-state index is 4.75. The highest BCUT2D eigenvalue weighted by Gasteiger charge is 2.13. The Bertz CT molecular complexity index is 836. The molecule has 0 spiro atoms. The molecule has 0 aliphatic rings. The first-order chi connectivity index (χ1) is 12.0. The monoisotopic (exact) mass is 372 g/mol. The second-order valence-electron chi connectivity index (χ2n) is 6.63. The topological polar surface area (TPSA) is 43.6 Å². The van der Waals surface area contributed by atoms with Gasteiger partial charge in [-0.3, -0.25) is 0 Å². The number of hydrogen-bond acceptors (Lipinski definition) is 5. The van der Waals surface area contributed by atoms with Crippen LogP contribution in [0.25, 0.3) is 11.4 Å². The fourth-order valence-electron chi connectivity index (χ4n) is 2.58. The zero-order chi connectivity index (χ0) is 17.8. The summed E-state index contributed by atoms with van der Waals surface area (Å²) in [6.45, 7) is 6.61. The van der Waals surface area contributed by atoms with Crippen LogP contribution in [0.15, 0.2) is 34.8 Å². The van der Waals surface area contributed by atoms with Crippen molar-refractivity contribution in [2.45, 2.75) is 44.5 Å². The summed E-state index contributed by atoms with van der Waals surface area (Å²) in [5.74, 6) is 2.47. The van der Waals surface area contributed by atoms with Crippen LogP contribution >= 0.6 is 23.1 Å². The Labute approximate surface area is 157 Å². The van der Waals surface area contributed by atoms with Crippen molar-refractivity contribution in [3.05, 3.63) is 45.9 Å². The fourth-order valence-corrected chi connectivity index (χ4v) is 4.30. The molecule has 4 nitrogen and oxygen atoms in total. The van der Waals surface area contributed by atoms with E-state index in [9.17, 15) is 0 Å². The second kappa shape index (κ2) is 8.15. The third kappa shape index (κ3) is 4.50. The Kier molecular flexibility index (Phi) is 5.91. The number of aromatic nitrogens is 4. The first-order valence-electron chi connectivity index (χ1n) is 8.56. The number of benzene rings is 1. The molecule has 0 N–H and O–H groups in total. The van der Waals surface area contributed by atoms with Crippen molar-refractivity contribution in [3.8, 4) is 11.4 Å². The van der Waals surface area contributed by atoms with Crippen LogP contribution in [0.3, 0.4) is 0 Å². The first kappa shape index (κ1) is 18.1. The lowest BCUT2D eigenvalue weighted by Crippen LogP contribution is -1.96. The van der Waals surface area contributed by atoms with Gasteiger partial charge < -0.3 is 4.57 Å². The molecule has 0 saturated carbocycles. The van der Waals surface area contributed by atoms with Crippen LogP contribution < -0.4 is 0 Å². The van der Waals surface area contributed by atoms with Gasteiger partial charge in [-0.2, -0.15) is 0 Å². The van der Waals surface area contributed by atoms with E-state index in [2.05, 4.69) is 53.0 Å². The van der Waals surface area contributed by atoms with Crippen LogP contribution in [0.2, 0.25) is 0 Å². The standard InChI is InChI=1S/C19H24N4S2/c1-13(2)9-10-17-20-15(11-24-17)12-25-19-22-21-18(23(19)4)16-8-6-5-7-14(16)3/h5-8,11,13H,9-10,12H2,1-4H3. The first-order valence-corrected chi connectivity index (χ1v) is 10.4. The molecule has 0 radical (unpaired) electrons. The summed E-state index contributed by atoms with van der Waals surface area (Å²) in [5, 5.41) is 13.1. The van der Waals surface area contributed by atoms with Crippen molar-refractivity contribution < 1.29 is 0 Å². The lowest BCUT2D eigenvalue weighted by molar-refractivity contribution is 0.585. The van der Waals surface area contributed by atoms with E-state index in [4.69, 9.17) is 4.98 Å². The van der Waals surface area contributed by atoms with Gasteiger partial charge in [-0.05, 0) is 31.2 Å². The molecule has 0 saturated heterocycles. The van der Waals surface area contributed by atoms with Gasteiger partial charge in [0.2, 0.25) is 0 Å². The summed E-state index contributed by atoms with van der Waals surface area (Å²) in [4.78, 5) is 4.75. The van der Waals surface area contributed by atoms with Crippen LogP contribution in [0.4, 0.5) is 0 Å². The zero-order valence-electron chi connectivity index (χ0n) is 15.2. The number of thioether (sulfide) groups is 1. The van der Waals surface area contributed by atoms with Crippen molar-refractivity contribution in [2.24, 2.45) is 13.0 Å². The van der Waals surface area contributed by atoms with E-state index in [1.165, 1.54) is 17.0 Å². The van der Waals surface area contributed by atoms with Gasteiger partial charge in [0.1, 0.15) is 0 Å². The highest BCUT2D eigenvalue weighted by atomic mass is 32.2. The van der Waals surface area contributed by atoms with E-state index in [0.717, 1.165) is 40.3 Å². The summed E-state index contributed by atoms with van der Waals surface area (Å²) >= 11 is 3.46. The molecule has 132 valence electrons. The van der Waals surface area contributed by atoms with Crippen molar-refractivity contribution >= 4 is 23.1 Å². The number of nitrogens with zero attached hydrogens (tertiary/aromatic N) is 4. The quantitative estimate of drug-likeness (QED) is 0.539. The van der Waals surface area contributed by atoms with Crippen molar-refractivity contribution in [1.29, 1.82) is 0 Å². The van der Waals surface area contributed by atoms with Gasteiger partial charge in [0, 0.05) is 23.7 Å². The molecule has 0 atom stereocenters.